The zero-order valence-electron chi connectivity index (χ0n) is 9.05. The van der Waals surface area contributed by atoms with Crippen LogP contribution in [0.4, 0.5) is 0 Å². The normalized spacial score (nSPS) is 12.7. The van der Waals surface area contributed by atoms with E-state index < -0.39 is 6.04 Å². The Morgan fingerprint density at radius 2 is 2.25 bits per heavy atom. The molecule has 1 aromatic carbocycles. The molecule has 2 aromatic rings. The van der Waals surface area contributed by atoms with Crippen molar-refractivity contribution in [2.75, 3.05) is 13.7 Å². The van der Waals surface area contributed by atoms with Crippen molar-refractivity contribution in [1.29, 1.82) is 0 Å². The first-order chi connectivity index (χ1) is 7.77. The molecule has 4 heteroatoms. The van der Waals surface area contributed by atoms with E-state index in [1.807, 2.05) is 24.3 Å². The molecular formula is C12H14N2O2. The van der Waals surface area contributed by atoms with Gasteiger partial charge in [-0.1, -0.05) is 12.1 Å². The van der Waals surface area contributed by atoms with Crippen LogP contribution >= 0.6 is 0 Å². The number of nitrogens with zero attached hydrogens (tertiary/aromatic N) is 1. The molecule has 0 amide bonds. The number of ether oxygens (including phenoxy) is 1. The first-order valence-corrected chi connectivity index (χ1v) is 5.06. The predicted molar refractivity (Wildman–Crippen MR) is 62.3 cm³/mol. The Balaban J connectivity index is 2.69. The van der Waals surface area contributed by atoms with E-state index in [2.05, 4.69) is 4.98 Å². The van der Waals surface area contributed by atoms with Crippen molar-refractivity contribution in [3.05, 3.63) is 36.0 Å². The van der Waals surface area contributed by atoms with E-state index >= 15 is 0 Å². The van der Waals surface area contributed by atoms with Gasteiger partial charge in [0.2, 0.25) is 0 Å². The Hall–Kier alpha value is -1.65. The summed E-state index contributed by atoms with van der Waals surface area (Å²) in [5.74, 6) is 0.712. The third kappa shape index (κ3) is 1.73. The molecule has 0 unspecified atom stereocenters. The van der Waals surface area contributed by atoms with Crippen molar-refractivity contribution >= 4 is 10.9 Å². The Bertz CT molecular complexity index is 499. The molecule has 0 saturated carbocycles. The van der Waals surface area contributed by atoms with Crippen LogP contribution in [0.15, 0.2) is 30.5 Å². The lowest BCUT2D eigenvalue weighted by atomic mass is 10.0. The predicted octanol–water partition coefficient (Wildman–Crippen LogP) is 1.24. The molecular weight excluding hydrogens is 204 g/mol. The second kappa shape index (κ2) is 4.47. The topological polar surface area (TPSA) is 68.4 Å². The summed E-state index contributed by atoms with van der Waals surface area (Å²) in [5.41, 5.74) is 7.48. The van der Waals surface area contributed by atoms with Gasteiger partial charge < -0.3 is 15.6 Å². The highest BCUT2D eigenvalue weighted by Gasteiger charge is 2.11. The van der Waals surface area contributed by atoms with Gasteiger partial charge in [0.05, 0.1) is 19.8 Å². The molecule has 0 radical (unpaired) electrons. The van der Waals surface area contributed by atoms with Gasteiger partial charge in [-0.3, -0.25) is 4.98 Å². The molecule has 0 aliphatic heterocycles. The fraction of sp³-hybridized carbons (Fsp3) is 0.250. The Morgan fingerprint density at radius 1 is 1.44 bits per heavy atom. The molecule has 0 aliphatic rings. The van der Waals surface area contributed by atoms with Crippen LogP contribution in [0.1, 0.15) is 11.6 Å². The van der Waals surface area contributed by atoms with Crippen LogP contribution in [0.2, 0.25) is 0 Å². The van der Waals surface area contributed by atoms with E-state index in [4.69, 9.17) is 15.6 Å². The van der Waals surface area contributed by atoms with E-state index in [0.29, 0.717) is 5.75 Å². The molecule has 84 valence electrons. The van der Waals surface area contributed by atoms with Gasteiger partial charge in [-0.2, -0.15) is 0 Å². The van der Waals surface area contributed by atoms with Gasteiger partial charge in [0.1, 0.15) is 11.3 Å². The third-order valence-electron chi connectivity index (χ3n) is 2.58. The number of methoxy groups -OCH3 is 1. The lowest BCUT2D eigenvalue weighted by Gasteiger charge is -2.13. The average molecular weight is 218 g/mol. The number of benzene rings is 1. The quantitative estimate of drug-likeness (QED) is 0.813. The second-order valence-electron chi connectivity index (χ2n) is 3.55. The lowest BCUT2D eigenvalue weighted by molar-refractivity contribution is 0.268. The first-order valence-electron chi connectivity index (χ1n) is 5.06. The second-order valence-corrected chi connectivity index (χ2v) is 3.55. The maximum absolute atomic E-state index is 9.10. The van der Waals surface area contributed by atoms with Crippen LogP contribution in [0.3, 0.4) is 0 Å². The Kier molecular flexibility index (Phi) is 3.03. The van der Waals surface area contributed by atoms with Gasteiger partial charge >= 0.3 is 0 Å². The maximum atomic E-state index is 9.10. The monoisotopic (exact) mass is 218 g/mol. The molecule has 0 spiro atoms. The van der Waals surface area contributed by atoms with Gasteiger partial charge in [0, 0.05) is 11.6 Å². The van der Waals surface area contributed by atoms with E-state index in [-0.39, 0.29) is 6.61 Å². The standard InChI is InChI=1S/C12H14N2O2/c1-16-11-5-4-8(10(13)7-15)9-3-2-6-14-12(9)11/h2-6,10,15H,7,13H2,1H3/t10-/m1/s1. The van der Waals surface area contributed by atoms with Crippen LogP contribution in [0.25, 0.3) is 10.9 Å². The number of nitrogens with two attached hydrogens (primary N) is 1. The SMILES string of the molecule is COc1ccc([C@H](N)CO)c2cccnc12. The van der Waals surface area contributed by atoms with Crippen molar-refractivity contribution in [1.82, 2.24) is 4.98 Å². The highest BCUT2D eigenvalue weighted by Crippen LogP contribution is 2.28. The van der Waals surface area contributed by atoms with Gasteiger partial charge in [-0.15, -0.1) is 0 Å². The number of aromatic nitrogens is 1. The lowest BCUT2D eigenvalue weighted by Crippen LogP contribution is -2.15. The zero-order chi connectivity index (χ0) is 11.5. The minimum absolute atomic E-state index is 0.0870. The molecule has 0 fully saturated rings. The summed E-state index contributed by atoms with van der Waals surface area (Å²) in [4.78, 5) is 4.27. The highest BCUT2D eigenvalue weighted by molar-refractivity contribution is 5.87. The molecule has 1 atom stereocenters. The number of pyridine rings is 1. The third-order valence-corrected chi connectivity index (χ3v) is 2.58. The fourth-order valence-electron chi connectivity index (χ4n) is 1.76. The Morgan fingerprint density at radius 3 is 2.94 bits per heavy atom. The molecule has 2 rings (SSSR count). The summed E-state index contributed by atoms with van der Waals surface area (Å²) in [6.07, 6.45) is 1.71. The zero-order valence-corrected chi connectivity index (χ0v) is 9.05. The molecule has 1 aromatic heterocycles. The molecule has 0 aliphatic carbocycles. The molecule has 16 heavy (non-hydrogen) atoms. The summed E-state index contributed by atoms with van der Waals surface area (Å²) >= 11 is 0. The van der Waals surface area contributed by atoms with Crippen molar-refractivity contribution in [3.63, 3.8) is 0 Å². The van der Waals surface area contributed by atoms with E-state index in [1.165, 1.54) is 0 Å². The molecule has 0 bridgehead atoms. The summed E-state index contributed by atoms with van der Waals surface area (Å²) < 4.78 is 5.23. The summed E-state index contributed by atoms with van der Waals surface area (Å²) in [6.45, 7) is -0.0870. The van der Waals surface area contributed by atoms with Crippen molar-refractivity contribution in [2.45, 2.75) is 6.04 Å². The van der Waals surface area contributed by atoms with Gasteiger partial charge in [0.25, 0.3) is 0 Å². The number of aliphatic hydroxyl groups excluding tert-OH is 1. The fourth-order valence-corrected chi connectivity index (χ4v) is 1.76. The minimum atomic E-state index is -0.391. The number of hydrogen-bond donors (Lipinski definition) is 2. The van der Waals surface area contributed by atoms with Gasteiger partial charge in [-0.25, -0.2) is 0 Å². The molecule has 0 saturated heterocycles. The summed E-state index contributed by atoms with van der Waals surface area (Å²) in [6, 6.07) is 7.06. The van der Waals surface area contributed by atoms with Crippen molar-refractivity contribution in [2.24, 2.45) is 5.73 Å². The van der Waals surface area contributed by atoms with Crippen LogP contribution in [0, 0.1) is 0 Å². The van der Waals surface area contributed by atoms with E-state index in [0.717, 1.165) is 16.5 Å². The summed E-state index contributed by atoms with van der Waals surface area (Å²) in [5, 5.41) is 10.0. The van der Waals surface area contributed by atoms with Crippen LogP contribution in [0.5, 0.6) is 5.75 Å². The largest absolute Gasteiger partial charge is 0.494 e. The Labute approximate surface area is 93.7 Å². The van der Waals surface area contributed by atoms with Gasteiger partial charge in [-0.05, 0) is 17.7 Å². The first kappa shape index (κ1) is 10.9. The highest BCUT2D eigenvalue weighted by atomic mass is 16.5. The number of rotatable bonds is 3. The van der Waals surface area contributed by atoms with Crippen molar-refractivity contribution in [3.8, 4) is 5.75 Å². The van der Waals surface area contributed by atoms with Crippen LogP contribution < -0.4 is 10.5 Å². The van der Waals surface area contributed by atoms with E-state index in [1.54, 1.807) is 13.3 Å². The minimum Gasteiger partial charge on any atom is -0.494 e. The number of fused-ring (bicyclic) bond motifs is 1. The molecule has 3 N–H and O–H groups in total. The van der Waals surface area contributed by atoms with E-state index in [9.17, 15) is 0 Å². The van der Waals surface area contributed by atoms with Crippen LogP contribution in [-0.4, -0.2) is 23.8 Å². The molecule has 4 nitrogen and oxygen atoms in total. The summed E-state index contributed by atoms with van der Waals surface area (Å²) in [7, 11) is 1.61. The number of hydrogen-bond acceptors (Lipinski definition) is 4. The van der Waals surface area contributed by atoms with Crippen molar-refractivity contribution < 1.29 is 9.84 Å². The average Bonchev–Trinajstić information content (AvgIpc) is 2.36. The van der Waals surface area contributed by atoms with Crippen LogP contribution in [-0.2, 0) is 0 Å². The smallest absolute Gasteiger partial charge is 0.145 e. The number of aliphatic hydroxyl groups is 1. The molecule has 1 heterocycles. The van der Waals surface area contributed by atoms with Gasteiger partial charge in [0.15, 0.2) is 0 Å². The maximum Gasteiger partial charge on any atom is 0.145 e.